The van der Waals surface area contributed by atoms with E-state index in [1.165, 1.54) is 25.7 Å². The van der Waals surface area contributed by atoms with Crippen molar-refractivity contribution in [3.63, 3.8) is 0 Å². The van der Waals surface area contributed by atoms with Crippen LogP contribution in [0.2, 0.25) is 0 Å². The number of nitrogens with two attached hydrogens (primary N) is 1. The minimum Gasteiger partial charge on any atom is -0.493 e. The van der Waals surface area contributed by atoms with Crippen LogP contribution in [0.5, 0.6) is 5.75 Å². The summed E-state index contributed by atoms with van der Waals surface area (Å²) in [5.74, 6) is 3.71. The zero-order valence-electron chi connectivity index (χ0n) is 9.56. The molecular formula is C14H19NO. The van der Waals surface area contributed by atoms with Crippen LogP contribution in [0.3, 0.4) is 0 Å². The fourth-order valence-electron chi connectivity index (χ4n) is 3.35. The van der Waals surface area contributed by atoms with Gasteiger partial charge < -0.3 is 10.5 Å². The van der Waals surface area contributed by atoms with Gasteiger partial charge in [-0.15, -0.1) is 0 Å². The van der Waals surface area contributed by atoms with Gasteiger partial charge in [0.15, 0.2) is 0 Å². The lowest BCUT2D eigenvalue weighted by Gasteiger charge is -2.21. The molecule has 0 spiro atoms. The van der Waals surface area contributed by atoms with Gasteiger partial charge >= 0.3 is 0 Å². The zero-order valence-corrected chi connectivity index (χ0v) is 9.56. The first kappa shape index (κ1) is 10.0. The molecule has 2 aliphatic rings. The highest BCUT2D eigenvalue weighted by atomic mass is 16.5. The van der Waals surface area contributed by atoms with E-state index in [9.17, 15) is 0 Å². The van der Waals surface area contributed by atoms with Crippen molar-refractivity contribution in [2.24, 2.45) is 17.8 Å². The maximum Gasteiger partial charge on any atom is 0.119 e. The predicted octanol–water partition coefficient (Wildman–Crippen LogP) is 3.08. The number of benzene rings is 1. The first-order valence-electron chi connectivity index (χ1n) is 6.29. The summed E-state index contributed by atoms with van der Waals surface area (Å²) in [6.07, 6.45) is 5.73. The summed E-state index contributed by atoms with van der Waals surface area (Å²) in [5, 5.41) is 0. The van der Waals surface area contributed by atoms with Gasteiger partial charge in [0.2, 0.25) is 0 Å². The number of hydrogen-bond donors (Lipinski definition) is 1. The minimum absolute atomic E-state index is 0.798. The molecule has 3 atom stereocenters. The quantitative estimate of drug-likeness (QED) is 0.790. The topological polar surface area (TPSA) is 35.2 Å². The smallest absolute Gasteiger partial charge is 0.119 e. The molecule has 0 aliphatic heterocycles. The molecule has 2 N–H and O–H groups in total. The van der Waals surface area contributed by atoms with Crippen molar-refractivity contribution in [1.29, 1.82) is 0 Å². The van der Waals surface area contributed by atoms with E-state index < -0.39 is 0 Å². The molecule has 0 aromatic heterocycles. The SMILES string of the molecule is Nc1ccc(OCC2CC3CCC2C3)cc1. The standard InChI is InChI=1S/C14H19NO/c15-13-3-5-14(6-4-13)16-9-12-8-10-1-2-11(12)7-10/h3-6,10-12H,1-2,7-9,15H2. The molecule has 2 saturated carbocycles. The molecule has 1 aromatic rings. The molecule has 16 heavy (non-hydrogen) atoms. The van der Waals surface area contributed by atoms with Crippen molar-refractivity contribution in [3.05, 3.63) is 24.3 Å². The first-order valence-corrected chi connectivity index (χ1v) is 6.29. The second-order valence-electron chi connectivity index (χ2n) is 5.31. The van der Waals surface area contributed by atoms with Crippen molar-refractivity contribution in [3.8, 4) is 5.75 Å². The molecule has 2 aliphatic carbocycles. The van der Waals surface area contributed by atoms with E-state index in [1.54, 1.807) is 0 Å². The molecule has 0 heterocycles. The Hall–Kier alpha value is -1.18. The number of nitrogen functional groups attached to an aromatic ring is 1. The van der Waals surface area contributed by atoms with E-state index in [1.807, 2.05) is 24.3 Å². The van der Waals surface area contributed by atoms with E-state index in [2.05, 4.69) is 0 Å². The Morgan fingerprint density at radius 2 is 1.94 bits per heavy atom. The summed E-state index contributed by atoms with van der Waals surface area (Å²) < 4.78 is 5.84. The first-order chi connectivity index (χ1) is 7.81. The van der Waals surface area contributed by atoms with Gasteiger partial charge in [0.1, 0.15) is 5.75 Å². The van der Waals surface area contributed by atoms with Crippen molar-refractivity contribution >= 4 is 5.69 Å². The predicted molar refractivity (Wildman–Crippen MR) is 65.3 cm³/mol. The van der Waals surface area contributed by atoms with Crippen LogP contribution in [0.25, 0.3) is 0 Å². The van der Waals surface area contributed by atoms with E-state index in [-0.39, 0.29) is 0 Å². The van der Waals surface area contributed by atoms with E-state index >= 15 is 0 Å². The molecule has 2 nitrogen and oxygen atoms in total. The van der Waals surface area contributed by atoms with Crippen molar-refractivity contribution in [2.75, 3.05) is 12.3 Å². The Balaban J connectivity index is 1.55. The fourth-order valence-corrected chi connectivity index (χ4v) is 3.35. The third-order valence-corrected chi connectivity index (χ3v) is 4.23. The number of rotatable bonds is 3. The van der Waals surface area contributed by atoms with Crippen LogP contribution in [0.4, 0.5) is 5.69 Å². The lowest BCUT2D eigenvalue weighted by atomic mass is 9.89. The second-order valence-corrected chi connectivity index (χ2v) is 5.31. The Morgan fingerprint density at radius 3 is 2.56 bits per heavy atom. The molecule has 2 fully saturated rings. The van der Waals surface area contributed by atoms with Gasteiger partial charge in [-0.2, -0.15) is 0 Å². The van der Waals surface area contributed by atoms with Crippen LogP contribution < -0.4 is 10.5 Å². The van der Waals surface area contributed by atoms with Crippen molar-refractivity contribution in [2.45, 2.75) is 25.7 Å². The van der Waals surface area contributed by atoms with Crippen LogP contribution in [0.15, 0.2) is 24.3 Å². The number of fused-ring (bicyclic) bond motifs is 2. The van der Waals surface area contributed by atoms with Gasteiger partial charge in [-0.3, -0.25) is 0 Å². The van der Waals surface area contributed by atoms with Gasteiger partial charge in [-0.25, -0.2) is 0 Å². The van der Waals surface area contributed by atoms with Crippen molar-refractivity contribution < 1.29 is 4.74 Å². The number of hydrogen-bond acceptors (Lipinski definition) is 2. The Labute approximate surface area is 96.8 Å². The molecule has 0 saturated heterocycles. The molecule has 0 amide bonds. The molecule has 2 heteroatoms. The van der Waals surface area contributed by atoms with E-state index in [0.29, 0.717) is 0 Å². The van der Waals surface area contributed by atoms with Gasteiger partial charge in [-0.05, 0) is 61.3 Å². The third-order valence-electron chi connectivity index (χ3n) is 4.23. The van der Waals surface area contributed by atoms with Crippen LogP contribution in [0, 0.1) is 17.8 Å². The zero-order chi connectivity index (χ0) is 11.0. The highest BCUT2D eigenvalue weighted by Crippen LogP contribution is 2.48. The molecule has 86 valence electrons. The fraction of sp³-hybridized carbons (Fsp3) is 0.571. The Morgan fingerprint density at radius 1 is 1.12 bits per heavy atom. The summed E-state index contributed by atoms with van der Waals surface area (Å²) in [7, 11) is 0. The van der Waals surface area contributed by atoms with E-state index in [4.69, 9.17) is 10.5 Å². The maximum absolute atomic E-state index is 5.84. The normalized spacial score (nSPS) is 31.9. The number of anilines is 1. The van der Waals surface area contributed by atoms with Crippen LogP contribution in [0.1, 0.15) is 25.7 Å². The maximum atomic E-state index is 5.84. The summed E-state index contributed by atoms with van der Waals surface area (Å²) in [4.78, 5) is 0. The van der Waals surface area contributed by atoms with Crippen LogP contribution in [-0.2, 0) is 0 Å². The summed E-state index contributed by atoms with van der Waals surface area (Å²) in [6.45, 7) is 0.894. The lowest BCUT2D eigenvalue weighted by molar-refractivity contribution is 0.195. The van der Waals surface area contributed by atoms with Gasteiger partial charge in [0, 0.05) is 5.69 Å². The summed E-state index contributed by atoms with van der Waals surface area (Å²) >= 11 is 0. The minimum atomic E-state index is 0.798. The van der Waals surface area contributed by atoms with Crippen LogP contribution in [-0.4, -0.2) is 6.61 Å². The molecule has 3 unspecified atom stereocenters. The molecular weight excluding hydrogens is 198 g/mol. The Kier molecular flexibility index (Phi) is 2.50. The lowest BCUT2D eigenvalue weighted by Crippen LogP contribution is -2.18. The van der Waals surface area contributed by atoms with Crippen LogP contribution >= 0.6 is 0 Å². The van der Waals surface area contributed by atoms with Gasteiger partial charge in [0.05, 0.1) is 6.61 Å². The average molecular weight is 217 g/mol. The van der Waals surface area contributed by atoms with Gasteiger partial charge in [-0.1, -0.05) is 6.42 Å². The summed E-state index contributed by atoms with van der Waals surface area (Å²) in [5.41, 5.74) is 6.44. The third kappa shape index (κ3) is 1.89. The molecule has 2 bridgehead atoms. The van der Waals surface area contributed by atoms with Crippen molar-refractivity contribution in [1.82, 2.24) is 0 Å². The number of ether oxygens (including phenoxy) is 1. The molecule has 1 aromatic carbocycles. The monoisotopic (exact) mass is 217 g/mol. The largest absolute Gasteiger partial charge is 0.493 e. The molecule has 3 rings (SSSR count). The Bertz CT molecular complexity index is 360. The summed E-state index contributed by atoms with van der Waals surface area (Å²) in [6, 6.07) is 7.72. The second kappa shape index (κ2) is 4.00. The van der Waals surface area contributed by atoms with E-state index in [0.717, 1.165) is 35.8 Å². The van der Waals surface area contributed by atoms with Gasteiger partial charge in [0.25, 0.3) is 0 Å². The molecule has 0 radical (unpaired) electrons. The highest BCUT2D eigenvalue weighted by molar-refractivity contribution is 5.41. The average Bonchev–Trinajstić information content (AvgIpc) is 2.90. The highest BCUT2D eigenvalue weighted by Gasteiger charge is 2.39.